The molecule has 2 amide bonds. The van der Waals surface area contributed by atoms with Crippen molar-refractivity contribution in [1.82, 2.24) is 5.43 Å². The summed E-state index contributed by atoms with van der Waals surface area (Å²) in [6.45, 7) is 8.04. The maximum atomic E-state index is 11.8. The van der Waals surface area contributed by atoms with Gasteiger partial charge in [-0.15, -0.1) is 0 Å². The van der Waals surface area contributed by atoms with Gasteiger partial charge in [-0.05, 0) is 50.6 Å². The molecule has 0 atom stereocenters. The van der Waals surface area contributed by atoms with Gasteiger partial charge in [0.25, 0.3) is 0 Å². The van der Waals surface area contributed by atoms with Crippen molar-refractivity contribution in [2.75, 3.05) is 23.3 Å². The SMILES string of the molecule is CCN(CC)c1ccc(/C=N\NC(=O)C(=O)Nc2ccc(C)cc2)cc1. The molecule has 0 aromatic heterocycles. The van der Waals surface area contributed by atoms with Crippen molar-refractivity contribution < 1.29 is 9.59 Å². The van der Waals surface area contributed by atoms with Crippen LogP contribution in [0.1, 0.15) is 25.0 Å². The lowest BCUT2D eigenvalue weighted by Crippen LogP contribution is -2.32. The summed E-state index contributed by atoms with van der Waals surface area (Å²) in [6, 6.07) is 15.0. The van der Waals surface area contributed by atoms with Crippen LogP contribution in [0.4, 0.5) is 11.4 Å². The fourth-order valence-corrected chi connectivity index (χ4v) is 2.40. The molecule has 0 bridgehead atoms. The number of benzene rings is 2. The first-order valence-electron chi connectivity index (χ1n) is 8.59. The van der Waals surface area contributed by atoms with E-state index in [9.17, 15) is 9.59 Å². The van der Waals surface area contributed by atoms with Crippen LogP contribution < -0.4 is 15.6 Å². The Labute approximate surface area is 153 Å². The number of nitrogens with zero attached hydrogens (tertiary/aromatic N) is 2. The number of rotatable bonds is 6. The Bertz CT molecular complexity index is 763. The van der Waals surface area contributed by atoms with Crippen LogP contribution in [0.25, 0.3) is 0 Å². The van der Waals surface area contributed by atoms with E-state index in [0.29, 0.717) is 5.69 Å². The zero-order chi connectivity index (χ0) is 18.9. The van der Waals surface area contributed by atoms with Crippen LogP contribution in [0.5, 0.6) is 0 Å². The zero-order valence-electron chi connectivity index (χ0n) is 15.3. The summed E-state index contributed by atoms with van der Waals surface area (Å²) in [5.41, 5.74) is 5.83. The Morgan fingerprint density at radius 2 is 1.58 bits per heavy atom. The first-order chi connectivity index (χ1) is 12.5. The molecule has 2 N–H and O–H groups in total. The quantitative estimate of drug-likeness (QED) is 0.477. The smallest absolute Gasteiger partial charge is 0.329 e. The summed E-state index contributed by atoms with van der Waals surface area (Å²) in [6.07, 6.45) is 1.50. The van der Waals surface area contributed by atoms with Crippen molar-refractivity contribution >= 4 is 29.4 Å². The normalized spacial score (nSPS) is 10.6. The van der Waals surface area contributed by atoms with E-state index in [1.807, 2.05) is 43.3 Å². The van der Waals surface area contributed by atoms with Crippen molar-refractivity contribution in [3.05, 3.63) is 59.7 Å². The number of carbonyl (C=O) groups is 2. The summed E-state index contributed by atoms with van der Waals surface area (Å²) in [7, 11) is 0. The number of hydrogen-bond donors (Lipinski definition) is 2. The number of anilines is 2. The van der Waals surface area contributed by atoms with Crippen molar-refractivity contribution in [1.29, 1.82) is 0 Å². The van der Waals surface area contributed by atoms with Gasteiger partial charge in [0.2, 0.25) is 0 Å². The maximum absolute atomic E-state index is 11.8. The molecule has 0 radical (unpaired) electrons. The average Bonchev–Trinajstić information content (AvgIpc) is 2.65. The molecule has 0 heterocycles. The third-order valence-corrected chi connectivity index (χ3v) is 3.92. The molecule has 6 heteroatoms. The summed E-state index contributed by atoms with van der Waals surface area (Å²) >= 11 is 0. The summed E-state index contributed by atoms with van der Waals surface area (Å²) in [5, 5.41) is 6.35. The van der Waals surface area contributed by atoms with Gasteiger partial charge in [-0.3, -0.25) is 9.59 Å². The van der Waals surface area contributed by atoms with Crippen LogP contribution >= 0.6 is 0 Å². The van der Waals surface area contributed by atoms with E-state index < -0.39 is 11.8 Å². The van der Waals surface area contributed by atoms with E-state index in [-0.39, 0.29) is 0 Å². The molecule has 2 rings (SSSR count). The largest absolute Gasteiger partial charge is 0.372 e. The molecule has 26 heavy (non-hydrogen) atoms. The van der Waals surface area contributed by atoms with Gasteiger partial charge in [0.05, 0.1) is 6.21 Å². The zero-order valence-corrected chi connectivity index (χ0v) is 15.3. The number of aryl methyl sites for hydroxylation is 1. The minimum atomic E-state index is -0.818. The van der Waals surface area contributed by atoms with Crippen molar-refractivity contribution in [2.24, 2.45) is 5.10 Å². The van der Waals surface area contributed by atoms with Crippen LogP contribution in [0.3, 0.4) is 0 Å². The van der Waals surface area contributed by atoms with E-state index in [0.717, 1.165) is 29.9 Å². The van der Waals surface area contributed by atoms with Gasteiger partial charge in [0, 0.05) is 24.5 Å². The molecule has 6 nitrogen and oxygen atoms in total. The predicted octanol–water partition coefficient (Wildman–Crippen LogP) is 2.93. The van der Waals surface area contributed by atoms with Crippen molar-refractivity contribution in [2.45, 2.75) is 20.8 Å². The molecule has 0 fully saturated rings. The van der Waals surface area contributed by atoms with Gasteiger partial charge in [-0.2, -0.15) is 5.10 Å². The number of amides is 2. The molecule has 0 aliphatic heterocycles. The lowest BCUT2D eigenvalue weighted by Gasteiger charge is -2.20. The van der Waals surface area contributed by atoms with Crippen molar-refractivity contribution in [3.63, 3.8) is 0 Å². The summed E-state index contributed by atoms with van der Waals surface area (Å²) in [5.74, 6) is -1.58. The maximum Gasteiger partial charge on any atom is 0.329 e. The molecule has 0 unspecified atom stereocenters. The van der Waals surface area contributed by atoms with Gasteiger partial charge in [0.15, 0.2) is 0 Å². The minimum Gasteiger partial charge on any atom is -0.372 e. The summed E-state index contributed by atoms with van der Waals surface area (Å²) < 4.78 is 0. The molecule has 2 aromatic rings. The standard InChI is InChI=1S/C20H24N4O2/c1-4-24(5-2)18-12-8-16(9-13-18)14-21-23-20(26)19(25)22-17-10-6-15(3)7-11-17/h6-14H,4-5H2,1-3H3,(H,22,25)(H,23,26)/b21-14-. The third kappa shape index (κ3) is 5.44. The molecule has 0 spiro atoms. The van der Waals surface area contributed by atoms with E-state index in [4.69, 9.17) is 0 Å². The molecule has 0 aliphatic rings. The minimum absolute atomic E-state index is 0.562. The Kier molecular flexibility index (Phi) is 6.91. The van der Waals surface area contributed by atoms with E-state index in [1.54, 1.807) is 12.1 Å². The fourth-order valence-electron chi connectivity index (χ4n) is 2.40. The van der Waals surface area contributed by atoms with Gasteiger partial charge >= 0.3 is 11.8 Å². The second-order valence-corrected chi connectivity index (χ2v) is 5.78. The van der Waals surface area contributed by atoms with Crippen molar-refractivity contribution in [3.8, 4) is 0 Å². The fraction of sp³-hybridized carbons (Fsp3) is 0.250. The van der Waals surface area contributed by atoms with Crippen LogP contribution in [0.2, 0.25) is 0 Å². The van der Waals surface area contributed by atoms with E-state index >= 15 is 0 Å². The summed E-state index contributed by atoms with van der Waals surface area (Å²) in [4.78, 5) is 25.8. The van der Waals surface area contributed by atoms with Crippen LogP contribution in [0.15, 0.2) is 53.6 Å². The molecule has 0 saturated heterocycles. The van der Waals surface area contributed by atoms with Gasteiger partial charge < -0.3 is 10.2 Å². The number of hydrazone groups is 1. The molecule has 0 aliphatic carbocycles. The van der Waals surface area contributed by atoms with E-state index in [2.05, 4.69) is 34.6 Å². The lowest BCUT2D eigenvalue weighted by molar-refractivity contribution is -0.136. The second-order valence-electron chi connectivity index (χ2n) is 5.78. The number of carbonyl (C=O) groups excluding carboxylic acids is 2. The Morgan fingerprint density at radius 1 is 0.962 bits per heavy atom. The molecule has 136 valence electrons. The van der Waals surface area contributed by atoms with Gasteiger partial charge in [-0.25, -0.2) is 5.43 Å². The van der Waals surface area contributed by atoms with Crippen LogP contribution in [0, 0.1) is 6.92 Å². The van der Waals surface area contributed by atoms with Crippen LogP contribution in [-0.2, 0) is 9.59 Å². The van der Waals surface area contributed by atoms with Crippen LogP contribution in [-0.4, -0.2) is 31.1 Å². The highest BCUT2D eigenvalue weighted by Crippen LogP contribution is 2.14. The average molecular weight is 352 g/mol. The first kappa shape index (κ1) is 19.2. The lowest BCUT2D eigenvalue weighted by atomic mass is 10.2. The molecular weight excluding hydrogens is 328 g/mol. The molecule has 0 saturated carbocycles. The molecular formula is C20H24N4O2. The Morgan fingerprint density at radius 3 is 2.15 bits per heavy atom. The monoisotopic (exact) mass is 352 g/mol. The highest BCUT2D eigenvalue weighted by molar-refractivity contribution is 6.39. The van der Waals surface area contributed by atoms with Gasteiger partial charge in [-0.1, -0.05) is 29.8 Å². The Hall–Kier alpha value is -3.15. The number of nitrogens with one attached hydrogen (secondary N) is 2. The second kappa shape index (κ2) is 9.36. The molecule has 2 aromatic carbocycles. The third-order valence-electron chi connectivity index (χ3n) is 3.92. The van der Waals surface area contributed by atoms with Gasteiger partial charge in [0.1, 0.15) is 0 Å². The highest BCUT2D eigenvalue weighted by atomic mass is 16.2. The highest BCUT2D eigenvalue weighted by Gasteiger charge is 2.12. The first-order valence-corrected chi connectivity index (χ1v) is 8.59. The Balaban J connectivity index is 1.87. The van der Waals surface area contributed by atoms with E-state index in [1.165, 1.54) is 6.21 Å². The predicted molar refractivity (Wildman–Crippen MR) is 106 cm³/mol. The number of hydrogen-bond acceptors (Lipinski definition) is 4. The topological polar surface area (TPSA) is 73.8 Å².